The summed E-state index contributed by atoms with van der Waals surface area (Å²) in [7, 11) is 2.14. The van der Waals surface area contributed by atoms with Crippen LogP contribution in [0.2, 0.25) is 0 Å². The molecule has 0 aromatic heterocycles. The summed E-state index contributed by atoms with van der Waals surface area (Å²) in [4.78, 5) is 4.63. The predicted octanol–water partition coefficient (Wildman–Crippen LogP) is 0.926. The average molecular weight is 181 g/mol. The Bertz CT molecular complexity index is 177. The van der Waals surface area contributed by atoms with E-state index in [1.54, 1.807) is 0 Å². The monoisotopic (exact) mass is 181 g/mol. The van der Waals surface area contributed by atoms with Gasteiger partial charge in [0.25, 0.3) is 0 Å². The van der Waals surface area contributed by atoms with Crippen LogP contribution in [0.4, 0.5) is 0 Å². The second-order valence-corrected chi connectivity index (χ2v) is 3.77. The van der Waals surface area contributed by atoms with Crippen molar-refractivity contribution in [3.05, 3.63) is 0 Å². The fourth-order valence-electron chi connectivity index (χ4n) is 1.74. The molecule has 0 spiro atoms. The molecule has 74 valence electrons. The van der Waals surface area contributed by atoms with E-state index in [4.69, 9.17) is 5.26 Å². The number of nitriles is 1. The largest absolute Gasteiger partial charge is 0.304 e. The number of piperazine rings is 1. The maximum Gasteiger partial charge on any atom is 0.0978 e. The molecular formula is C10H19N3. The molecule has 1 saturated heterocycles. The van der Waals surface area contributed by atoms with E-state index in [9.17, 15) is 0 Å². The molecule has 1 aliphatic heterocycles. The second kappa shape index (κ2) is 5.21. The molecule has 0 N–H and O–H groups in total. The Hall–Kier alpha value is -0.590. The van der Waals surface area contributed by atoms with Crippen LogP contribution in [-0.2, 0) is 0 Å². The van der Waals surface area contributed by atoms with Gasteiger partial charge in [0.1, 0.15) is 0 Å². The van der Waals surface area contributed by atoms with E-state index in [-0.39, 0.29) is 6.04 Å². The lowest BCUT2D eigenvalue weighted by atomic mass is 10.1. The number of likely N-dealkylation sites (N-methyl/N-ethyl adjacent to an activating group) is 1. The summed E-state index contributed by atoms with van der Waals surface area (Å²) in [5, 5.41) is 8.97. The maximum absolute atomic E-state index is 8.97. The van der Waals surface area contributed by atoms with E-state index in [2.05, 4.69) is 29.8 Å². The van der Waals surface area contributed by atoms with Crippen molar-refractivity contribution in [2.75, 3.05) is 33.2 Å². The first-order valence-corrected chi connectivity index (χ1v) is 5.10. The van der Waals surface area contributed by atoms with Gasteiger partial charge in [0.15, 0.2) is 0 Å². The van der Waals surface area contributed by atoms with Gasteiger partial charge in [0, 0.05) is 26.2 Å². The van der Waals surface area contributed by atoms with Crippen molar-refractivity contribution in [2.24, 2.45) is 0 Å². The first-order chi connectivity index (χ1) is 6.27. The molecule has 0 bridgehead atoms. The summed E-state index contributed by atoms with van der Waals surface area (Å²) in [6, 6.07) is 2.55. The normalized spacial score (nSPS) is 22.5. The Balaban J connectivity index is 2.38. The average Bonchev–Trinajstić information content (AvgIpc) is 2.16. The van der Waals surface area contributed by atoms with E-state index < -0.39 is 0 Å². The zero-order valence-electron chi connectivity index (χ0n) is 8.66. The van der Waals surface area contributed by atoms with Gasteiger partial charge in [-0.2, -0.15) is 5.26 Å². The lowest BCUT2D eigenvalue weighted by Crippen LogP contribution is -2.48. The van der Waals surface area contributed by atoms with Crippen molar-refractivity contribution in [2.45, 2.75) is 25.8 Å². The predicted molar refractivity (Wildman–Crippen MR) is 53.4 cm³/mol. The van der Waals surface area contributed by atoms with Crippen LogP contribution in [0.1, 0.15) is 19.8 Å². The van der Waals surface area contributed by atoms with Crippen LogP contribution in [0, 0.1) is 11.3 Å². The van der Waals surface area contributed by atoms with Crippen LogP contribution < -0.4 is 0 Å². The maximum atomic E-state index is 8.97. The van der Waals surface area contributed by atoms with Crippen LogP contribution in [-0.4, -0.2) is 49.1 Å². The van der Waals surface area contributed by atoms with Gasteiger partial charge in [0.05, 0.1) is 12.1 Å². The summed E-state index contributed by atoms with van der Waals surface area (Å²) in [5.74, 6) is 0. The first-order valence-electron chi connectivity index (χ1n) is 5.10. The first kappa shape index (κ1) is 10.5. The highest BCUT2D eigenvalue weighted by Gasteiger charge is 2.20. The van der Waals surface area contributed by atoms with E-state index in [1.807, 2.05) is 0 Å². The molecule has 3 nitrogen and oxygen atoms in total. The Kier molecular flexibility index (Phi) is 4.20. The van der Waals surface area contributed by atoms with Gasteiger partial charge >= 0.3 is 0 Å². The third-order valence-electron chi connectivity index (χ3n) is 2.69. The number of hydrogen-bond donors (Lipinski definition) is 0. The molecule has 1 rings (SSSR count). The van der Waals surface area contributed by atoms with Gasteiger partial charge in [-0.15, -0.1) is 0 Å². The summed E-state index contributed by atoms with van der Waals surface area (Å²) in [6.07, 6.45) is 2.12. The smallest absolute Gasteiger partial charge is 0.0978 e. The van der Waals surface area contributed by atoms with E-state index >= 15 is 0 Å². The third-order valence-corrected chi connectivity index (χ3v) is 2.69. The quantitative estimate of drug-likeness (QED) is 0.649. The number of nitrogens with zero attached hydrogens (tertiary/aromatic N) is 3. The molecular weight excluding hydrogens is 162 g/mol. The van der Waals surface area contributed by atoms with Gasteiger partial charge in [-0.3, -0.25) is 4.90 Å². The fraction of sp³-hybridized carbons (Fsp3) is 0.900. The van der Waals surface area contributed by atoms with Crippen molar-refractivity contribution in [1.29, 1.82) is 5.26 Å². The van der Waals surface area contributed by atoms with Crippen LogP contribution in [0.3, 0.4) is 0 Å². The summed E-state index contributed by atoms with van der Waals surface area (Å²) >= 11 is 0. The summed E-state index contributed by atoms with van der Waals surface area (Å²) in [6.45, 7) is 6.44. The van der Waals surface area contributed by atoms with Crippen LogP contribution >= 0.6 is 0 Å². The van der Waals surface area contributed by atoms with Gasteiger partial charge in [-0.1, -0.05) is 13.3 Å². The zero-order chi connectivity index (χ0) is 9.68. The SMILES string of the molecule is CCCC(C#N)N1CCN(C)CC1. The van der Waals surface area contributed by atoms with Crippen molar-refractivity contribution in [3.8, 4) is 6.07 Å². The molecule has 0 amide bonds. The Labute approximate surface area is 80.9 Å². The highest BCUT2D eigenvalue weighted by molar-refractivity contribution is 4.92. The standard InChI is InChI=1S/C10H19N3/c1-3-4-10(9-11)13-7-5-12(2)6-8-13/h10H,3-8H2,1-2H3. The van der Waals surface area contributed by atoms with Crippen molar-refractivity contribution in [1.82, 2.24) is 9.80 Å². The van der Waals surface area contributed by atoms with Crippen molar-refractivity contribution in [3.63, 3.8) is 0 Å². The zero-order valence-corrected chi connectivity index (χ0v) is 8.66. The highest BCUT2D eigenvalue weighted by Crippen LogP contribution is 2.09. The van der Waals surface area contributed by atoms with Gasteiger partial charge < -0.3 is 4.90 Å². The molecule has 1 aliphatic rings. The molecule has 13 heavy (non-hydrogen) atoms. The van der Waals surface area contributed by atoms with Gasteiger partial charge in [-0.25, -0.2) is 0 Å². The lowest BCUT2D eigenvalue weighted by Gasteiger charge is -2.34. The Morgan fingerprint density at radius 3 is 2.38 bits per heavy atom. The Morgan fingerprint density at radius 2 is 1.92 bits per heavy atom. The Morgan fingerprint density at radius 1 is 1.31 bits per heavy atom. The molecule has 1 heterocycles. The molecule has 0 saturated carbocycles. The third kappa shape index (κ3) is 2.98. The molecule has 1 unspecified atom stereocenters. The van der Waals surface area contributed by atoms with E-state index in [0.29, 0.717) is 0 Å². The minimum Gasteiger partial charge on any atom is -0.304 e. The lowest BCUT2D eigenvalue weighted by molar-refractivity contribution is 0.128. The second-order valence-electron chi connectivity index (χ2n) is 3.77. The molecule has 1 fully saturated rings. The van der Waals surface area contributed by atoms with Crippen molar-refractivity contribution < 1.29 is 0 Å². The topological polar surface area (TPSA) is 30.3 Å². The minimum atomic E-state index is 0.152. The molecule has 0 aromatic rings. The molecule has 0 aliphatic carbocycles. The molecule has 1 atom stereocenters. The van der Waals surface area contributed by atoms with Gasteiger partial charge in [0.2, 0.25) is 0 Å². The minimum absolute atomic E-state index is 0.152. The summed E-state index contributed by atoms with van der Waals surface area (Å²) < 4.78 is 0. The van der Waals surface area contributed by atoms with Crippen molar-refractivity contribution >= 4 is 0 Å². The summed E-state index contributed by atoms with van der Waals surface area (Å²) in [5.41, 5.74) is 0. The van der Waals surface area contributed by atoms with E-state index in [0.717, 1.165) is 39.0 Å². The van der Waals surface area contributed by atoms with Gasteiger partial charge in [-0.05, 0) is 13.5 Å². The number of hydrogen-bond acceptors (Lipinski definition) is 3. The van der Waals surface area contributed by atoms with Crippen LogP contribution in [0.5, 0.6) is 0 Å². The number of rotatable bonds is 3. The molecule has 0 radical (unpaired) electrons. The van der Waals surface area contributed by atoms with Crippen LogP contribution in [0.25, 0.3) is 0 Å². The highest BCUT2D eigenvalue weighted by atomic mass is 15.3. The molecule has 0 aromatic carbocycles. The van der Waals surface area contributed by atoms with E-state index in [1.165, 1.54) is 0 Å². The molecule has 3 heteroatoms. The fourth-order valence-corrected chi connectivity index (χ4v) is 1.74. The van der Waals surface area contributed by atoms with Crippen LogP contribution in [0.15, 0.2) is 0 Å².